The first-order valence-corrected chi connectivity index (χ1v) is 7.06. The molecule has 1 saturated heterocycles. The molecule has 2 heteroatoms. The smallest absolute Gasteiger partial charge is 0.169 e. The normalized spacial score (nSPS) is 18.6. The quantitative estimate of drug-likeness (QED) is 0.825. The summed E-state index contributed by atoms with van der Waals surface area (Å²) in [5, 5.41) is 3.35. The van der Waals surface area contributed by atoms with Gasteiger partial charge in [-0.25, -0.2) is 0 Å². The first kappa shape index (κ1) is 13.3. The lowest BCUT2D eigenvalue weighted by molar-refractivity contribution is 0.0717. The zero-order chi connectivity index (χ0) is 13.0. The van der Waals surface area contributed by atoms with Crippen LogP contribution >= 0.6 is 0 Å². The van der Waals surface area contributed by atoms with E-state index in [2.05, 4.69) is 31.3 Å². The summed E-state index contributed by atoms with van der Waals surface area (Å²) in [5.41, 5.74) is 2.05. The van der Waals surface area contributed by atoms with Gasteiger partial charge in [0.2, 0.25) is 0 Å². The predicted molar refractivity (Wildman–Crippen MR) is 75.0 cm³/mol. The van der Waals surface area contributed by atoms with Gasteiger partial charge in [0.1, 0.15) is 0 Å². The molecule has 0 radical (unpaired) electrons. The van der Waals surface area contributed by atoms with Gasteiger partial charge >= 0.3 is 0 Å². The summed E-state index contributed by atoms with van der Waals surface area (Å²) >= 11 is 0. The highest BCUT2D eigenvalue weighted by molar-refractivity contribution is 6.00. The molecule has 98 valence electrons. The van der Waals surface area contributed by atoms with Crippen molar-refractivity contribution in [2.24, 2.45) is 5.41 Å². The van der Waals surface area contributed by atoms with Crippen LogP contribution in [-0.2, 0) is 6.42 Å². The molecule has 0 spiro atoms. The Bertz CT molecular complexity index is 402. The molecule has 0 amide bonds. The third-order valence-electron chi connectivity index (χ3n) is 4.34. The van der Waals surface area contributed by atoms with Crippen LogP contribution in [0.1, 0.15) is 49.0 Å². The van der Waals surface area contributed by atoms with Gasteiger partial charge in [-0.1, -0.05) is 38.1 Å². The largest absolute Gasteiger partial charge is 0.317 e. The van der Waals surface area contributed by atoms with Gasteiger partial charge in [-0.15, -0.1) is 0 Å². The predicted octanol–water partition coefficient (Wildman–Crippen LogP) is 3.21. The number of hydrogen-bond donors (Lipinski definition) is 1. The van der Waals surface area contributed by atoms with Crippen molar-refractivity contribution in [2.75, 3.05) is 13.1 Å². The van der Waals surface area contributed by atoms with Crippen molar-refractivity contribution < 1.29 is 4.79 Å². The SMILES string of the molecule is CCc1ccc(C(=O)C2(CC)CCNCC2)cc1. The minimum atomic E-state index is -0.126. The van der Waals surface area contributed by atoms with E-state index in [-0.39, 0.29) is 5.41 Å². The van der Waals surface area contributed by atoms with E-state index < -0.39 is 0 Å². The fourth-order valence-corrected chi connectivity index (χ4v) is 2.84. The number of rotatable bonds is 4. The summed E-state index contributed by atoms with van der Waals surface area (Å²) in [7, 11) is 0. The fraction of sp³-hybridized carbons (Fsp3) is 0.562. The van der Waals surface area contributed by atoms with Crippen LogP contribution < -0.4 is 5.32 Å². The van der Waals surface area contributed by atoms with Crippen molar-refractivity contribution in [3.8, 4) is 0 Å². The van der Waals surface area contributed by atoms with Crippen LogP contribution in [0.2, 0.25) is 0 Å². The van der Waals surface area contributed by atoms with Crippen LogP contribution in [0.5, 0.6) is 0 Å². The van der Waals surface area contributed by atoms with Crippen LogP contribution in [0.25, 0.3) is 0 Å². The average molecular weight is 245 g/mol. The number of carbonyl (C=O) groups is 1. The number of carbonyl (C=O) groups excluding carboxylic acids is 1. The summed E-state index contributed by atoms with van der Waals surface area (Å²) < 4.78 is 0. The Balaban J connectivity index is 2.22. The molecule has 0 atom stereocenters. The maximum Gasteiger partial charge on any atom is 0.169 e. The summed E-state index contributed by atoms with van der Waals surface area (Å²) in [5.74, 6) is 0.342. The highest BCUT2D eigenvalue weighted by Crippen LogP contribution is 2.36. The number of Topliss-reactive ketones (excluding diaryl/α,β-unsaturated/α-hetero) is 1. The molecule has 1 aliphatic heterocycles. The molecule has 0 aromatic heterocycles. The van der Waals surface area contributed by atoms with Crippen molar-refractivity contribution in [2.45, 2.75) is 39.5 Å². The fourth-order valence-electron chi connectivity index (χ4n) is 2.84. The summed E-state index contributed by atoms with van der Waals surface area (Å²) in [6.07, 6.45) is 3.91. The molecule has 1 aliphatic rings. The molecule has 2 nitrogen and oxygen atoms in total. The minimum absolute atomic E-state index is 0.126. The summed E-state index contributed by atoms with van der Waals surface area (Å²) in [6.45, 7) is 6.21. The monoisotopic (exact) mass is 245 g/mol. The van der Waals surface area contributed by atoms with E-state index in [9.17, 15) is 4.79 Å². The van der Waals surface area contributed by atoms with Crippen LogP contribution in [0.4, 0.5) is 0 Å². The standard InChI is InChI=1S/C16H23NO/c1-3-13-5-7-14(8-6-13)15(18)16(4-2)9-11-17-12-10-16/h5-8,17H,3-4,9-12H2,1-2H3. The number of hydrogen-bond acceptors (Lipinski definition) is 2. The van der Waals surface area contributed by atoms with E-state index in [4.69, 9.17) is 0 Å². The molecule has 1 heterocycles. The van der Waals surface area contributed by atoms with E-state index in [1.807, 2.05) is 12.1 Å². The third kappa shape index (κ3) is 2.49. The molecular weight excluding hydrogens is 222 g/mol. The van der Waals surface area contributed by atoms with E-state index in [0.29, 0.717) is 5.78 Å². The van der Waals surface area contributed by atoms with Gasteiger partial charge in [0.15, 0.2) is 5.78 Å². The lowest BCUT2D eigenvalue weighted by atomic mass is 9.71. The molecule has 1 aromatic carbocycles. The number of aryl methyl sites for hydroxylation is 1. The Morgan fingerprint density at radius 2 is 1.78 bits per heavy atom. The van der Waals surface area contributed by atoms with Crippen molar-refractivity contribution in [3.63, 3.8) is 0 Å². The van der Waals surface area contributed by atoms with E-state index in [1.165, 1.54) is 5.56 Å². The van der Waals surface area contributed by atoms with Crippen LogP contribution in [0, 0.1) is 5.41 Å². The Labute approximate surface area is 110 Å². The van der Waals surface area contributed by atoms with E-state index in [0.717, 1.165) is 44.3 Å². The highest BCUT2D eigenvalue weighted by Gasteiger charge is 2.37. The molecular formula is C16H23NO. The van der Waals surface area contributed by atoms with Crippen molar-refractivity contribution in [1.82, 2.24) is 5.32 Å². The van der Waals surface area contributed by atoms with Gasteiger partial charge in [0, 0.05) is 11.0 Å². The molecule has 0 bridgehead atoms. The number of ketones is 1. The number of nitrogens with one attached hydrogen (secondary N) is 1. The van der Waals surface area contributed by atoms with E-state index >= 15 is 0 Å². The van der Waals surface area contributed by atoms with Crippen molar-refractivity contribution in [3.05, 3.63) is 35.4 Å². The van der Waals surface area contributed by atoms with Crippen molar-refractivity contribution in [1.29, 1.82) is 0 Å². The lowest BCUT2D eigenvalue weighted by Crippen LogP contribution is -2.41. The second kappa shape index (κ2) is 5.66. The molecule has 0 aliphatic carbocycles. The van der Waals surface area contributed by atoms with E-state index in [1.54, 1.807) is 0 Å². The first-order valence-electron chi connectivity index (χ1n) is 7.06. The van der Waals surface area contributed by atoms with Gasteiger partial charge in [0.05, 0.1) is 0 Å². The molecule has 2 rings (SSSR count). The van der Waals surface area contributed by atoms with Crippen LogP contribution in [-0.4, -0.2) is 18.9 Å². The van der Waals surface area contributed by atoms with Gasteiger partial charge < -0.3 is 5.32 Å². The molecule has 0 saturated carbocycles. The van der Waals surface area contributed by atoms with Gasteiger partial charge in [0.25, 0.3) is 0 Å². The second-order valence-corrected chi connectivity index (χ2v) is 5.26. The van der Waals surface area contributed by atoms with Gasteiger partial charge in [-0.05, 0) is 44.3 Å². The Morgan fingerprint density at radius 3 is 2.28 bits per heavy atom. The van der Waals surface area contributed by atoms with Crippen molar-refractivity contribution >= 4 is 5.78 Å². The summed E-state index contributed by atoms with van der Waals surface area (Å²) in [6, 6.07) is 8.16. The Morgan fingerprint density at radius 1 is 1.17 bits per heavy atom. The van der Waals surface area contributed by atoms with Crippen LogP contribution in [0.15, 0.2) is 24.3 Å². The molecule has 0 unspecified atom stereocenters. The van der Waals surface area contributed by atoms with Gasteiger partial charge in [-0.3, -0.25) is 4.79 Å². The Kier molecular flexibility index (Phi) is 4.18. The summed E-state index contributed by atoms with van der Waals surface area (Å²) in [4.78, 5) is 12.7. The maximum atomic E-state index is 12.7. The highest BCUT2D eigenvalue weighted by atomic mass is 16.1. The minimum Gasteiger partial charge on any atom is -0.317 e. The molecule has 1 fully saturated rings. The average Bonchev–Trinajstić information content (AvgIpc) is 2.47. The number of benzene rings is 1. The maximum absolute atomic E-state index is 12.7. The topological polar surface area (TPSA) is 29.1 Å². The zero-order valence-electron chi connectivity index (χ0n) is 11.5. The first-order chi connectivity index (χ1) is 8.72. The second-order valence-electron chi connectivity index (χ2n) is 5.26. The third-order valence-corrected chi connectivity index (χ3v) is 4.34. The molecule has 1 aromatic rings. The zero-order valence-corrected chi connectivity index (χ0v) is 11.5. The number of piperidine rings is 1. The lowest BCUT2D eigenvalue weighted by Gasteiger charge is -2.35. The van der Waals surface area contributed by atoms with Gasteiger partial charge in [-0.2, -0.15) is 0 Å². The van der Waals surface area contributed by atoms with Crippen LogP contribution in [0.3, 0.4) is 0 Å². The molecule has 18 heavy (non-hydrogen) atoms. The molecule has 1 N–H and O–H groups in total. The Hall–Kier alpha value is -1.15.